The van der Waals surface area contributed by atoms with E-state index in [1.54, 1.807) is 20.8 Å². The molecular formula is C37H61F5O11. The van der Waals surface area contributed by atoms with Crippen LogP contribution >= 0.6 is 0 Å². The van der Waals surface area contributed by atoms with Crippen LogP contribution in [0.1, 0.15) is 141 Å². The maximum atomic E-state index is 14.0. The van der Waals surface area contributed by atoms with Gasteiger partial charge < -0.3 is 33.9 Å². The summed E-state index contributed by atoms with van der Waals surface area (Å²) in [5.74, 6) is -11.3. The zero-order chi connectivity index (χ0) is 41.9. The number of esters is 4. The molecule has 0 spiro atoms. The van der Waals surface area contributed by atoms with E-state index in [1.807, 2.05) is 48.5 Å². The summed E-state index contributed by atoms with van der Waals surface area (Å²) >= 11 is 0. The summed E-state index contributed by atoms with van der Waals surface area (Å²) in [5.41, 5.74) is -6.36. The molecule has 0 bridgehead atoms. The van der Waals surface area contributed by atoms with Gasteiger partial charge in [-0.1, -0.05) is 20.8 Å². The largest absolute Gasteiger partial charge is 0.462 e. The van der Waals surface area contributed by atoms with Gasteiger partial charge >= 0.3 is 41.8 Å². The van der Waals surface area contributed by atoms with Crippen molar-refractivity contribution in [2.45, 2.75) is 188 Å². The lowest BCUT2D eigenvalue weighted by molar-refractivity contribution is -0.409. The third kappa shape index (κ3) is 11.2. The minimum Gasteiger partial charge on any atom is -0.462 e. The van der Waals surface area contributed by atoms with Crippen molar-refractivity contribution in [1.29, 1.82) is 0 Å². The number of carbonyl (C=O) groups is 4. The van der Waals surface area contributed by atoms with Crippen LogP contribution in [0.5, 0.6) is 0 Å². The highest BCUT2D eigenvalue weighted by Gasteiger charge is 2.82. The first-order chi connectivity index (χ1) is 23.6. The molecule has 3 aliphatic rings. The molecule has 3 fully saturated rings. The van der Waals surface area contributed by atoms with Gasteiger partial charge in [-0.25, -0.2) is 0 Å². The summed E-state index contributed by atoms with van der Waals surface area (Å²) in [7, 11) is 0. The van der Waals surface area contributed by atoms with Gasteiger partial charge in [-0.05, 0) is 114 Å². The van der Waals surface area contributed by atoms with Gasteiger partial charge in [-0.2, -0.15) is 22.0 Å². The predicted molar refractivity (Wildman–Crippen MR) is 182 cm³/mol. The van der Waals surface area contributed by atoms with Crippen LogP contribution in [0.4, 0.5) is 22.0 Å². The van der Waals surface area contributed by atoms with Crippen molar-refractivity contribution in [2.24, 2.45) is 16.2 Å². The summed E-state index contributed by atoms with van der Waals surface area (Å²) < 4.78 is 90.3. The molecule has 4 atom stereocenters. The topological polar surface area (TPSA) is 155 Å². The second-order valence-corrected chi connectivity index (χ2v) is 17.0. The molecule has 0 aromatic carbocycles. The average Bonchev–Trinajstić information content (AvgIpc) is 3.40. The lowest BCUT2D eigenvalue weighted by atomic mass is 9.84. The number of halogens is 5. The molecule has 0 aromatic rings. The lowest BCUT2D eigenvalue weighted by Gasteiger charge is -2.37. The third-order valence-corrected chi connectivity index (χ3v) is 10.9. The standard InChI is InChI=1S/C13H24O3.C12H17F5O4.C12H20O4/c1-5-12(2,3)11(14)16-10-6-8-13(4,15)9-7-10;1-5-8(2,3)7(18)21-9(4)6-20-11(19,10(9,13)14)12(15,16)17;1-6-11(3,4)10(14)16-12(5)7-9(13)15-8(12)2/h10,15H,5-9H2,1-4H3;19H,5-6H2,1-4H3;8H,6-7H2,1-5H3. The SMILES string of the molecule is CCC(C)(C)C(=O)OC1(C)CC(=O)OC1C.CCC(C)(C)C(=O)OC1(C)COC(O)(C(F)(F)F)C1(F)F.CCC(C)(C)C(=O)OC1CCC(C)(O)CC1. The predicted octanol–water partition coefficient (Wildman–Crippen LogP) is 7.36. The van der Waals surface area contributed by atoms with Gasteiger partial charge in [-0.15, -0.1) is 0 Å². The Hall–Kier alpha value is -2.59. The zero-order valence-corrected chi connectivity index (χ0v) is 33.5. The first kappa shape index (κ1) is 48.4. The van der Waals surface area contributed by atoms with E-state index < -0.39 is 58.1 Å². The minimum atomic E-state index is -5.74. The molecule has 16 heteroatoms. The van der Waals surface area contributed by atoms with Crippen molar-refractivity contribution in [3.8, 4) is 0 Å². The van der Waals surface area contributed by atoms with Gasteiger partial charge in [-0.3, -0.25) is 19.2 Å². The monoisotopic (exact) mass is 776 g/mol. The van der Waals surface area contributed by atoms with E-state index in [9.17, 15) is 51.3 Å². The van der Waals surface area contributed by atoms with Crippen LogP contribution in [0.2, 0.25) is 0 Å². The molecule has 4 unspecified atom stereocenters. The highest BCUT2D eigenvalue weighted by molar-refractivity contribution is 5.79. The molecule has 53 heavy (non-hydrogen) atoms. The molecular weight excluding hydrogens is 715 g/mol. The van der Waals surface area contributed by atoms with Crippen LogP contribution in [0.25, 0.3) is 0 Å². The summed E-state index contributed by atoms with van der Waals surface area (Å²) in [6.45, 7) is 20.5. The minimum absolute atomic E-state index is 0.00134. The van der Waals surface area contributed by atoms with Gasteiger partial charge in [0.1, 0.15) is 12.2 Å². The zero-order valence-electron chi connectivity index (χ0n) is 33.5. The molecule has 0 amide bonds. The Morgan fingerprint density at radius 1 is 0.792 bits per heavy atom. The molecule has 3 rings (SSSR count). The highest BCUT2D eigenvalue weighted by Crippen LogP contribution is 2.54. The molecule has 2 N–H and O–H groups in total. The number of aliphatic hydroxyl groups is 2. The van der Waals surface area contributed by atoms with Crippen molar-refractivity contribution in [3.63, 3.8) is 0 Å². The van der Waals surface area contributed by atoms with Crippen molar-refractivity contribution in [2.75, 3.05) is 6.61 Å². The van der Waals surface area contributed by atoms with E-state index >= 15 is 0 Å². The van der Waals surface area contributed by atoms with E-state index in [1.165, 1.54) is 13.8 Å². The van der Waals surface area contributed by atoms with E-state index in [-0.39, 0.29) is 48.4 Å². The second-order valence-electron chi connectivity index (χ2n) is 17.0. The number of rotatable bonds is 9. The smallest absolute Gasteiger partial charge is 0.449 e. The fourth-order valence-electron chi connectivity index (χ4n) is 4.82. The normalized spacial score (nSPS) is 31.6. The van der Waals surface area contributed by atoms with E-state index in [0.717, 1.165) is 32.1 Å². The number of alkyl halides is 5. The van der Waals surface area contributed by atoms with E-state index in [2.05, 4.69) is 9.47 Å². The number of carbonyl (C=O) groups excluding carboxylic acids is 4. The molecule has 2 aliphatic heterocycles. The molecule has 11 nitrogen and oxygen atoms in total. The van der Waals surface area contributed by atoms with Crippen molar-refractivity contribution in [3.05, 3.63) is 0 Å². The number of hydrogen-bond donors (Lipinski definition) is 2. The quantitative estimate of drug-likeness (QED) is 0.137. The van der Waals surface area contributed by atoms with Crippen molar-refractivity contribution >= 4 is 23.9 Å². The Kier molecular flexibility index (Phi) is 15.2. The summed E-state index contributed by atoms with van der Waals surface area (Å²) in [5, 5.41) is 19.0. The third-order valence-electron chi connectivity index (χ3n) is 10.9. The lowest BCUT2D eigenvalue weighted by Crippen LogP contribution is -2.63. The molecule has 2 saturated heterocycles. The summed E-state index contributed by atoms with van der Waals surface area (Å²) in [6.07, 6.45) is -1.26. The van der Waals surface area contributed by atoms with Crippen molar-refractivity contribution < 1.29 is 75.0 Å². The van der Waals surface area contributed by atoms with Gasteiger partial charge in [0, 0.05) is 0 Å². The highest BCUT2D eigenvalue weighted by atomic mass is 19.4. The molecule has 2 heterocycles. The Bertz CT molecular complexity index is 1300. The summed E-state index contributed by atoms with van der Waals surface area (Å²) in [4.78, 5) is 46.7. The van der Waals surface area contributed by atoms with E-state index in [0.29, 0.717) is 13.3 Å². The van der Waals surface area contributed by atoms with Crippen LogP contribution in [-0.2, 0) is 42.9 Å². The molecule has 1 saturated carbocycles. The van der Waals surface area contributed by atoms with Crippen LogP contribution in [-0.4, -0.2) is 87.6 Å². The maximum absolute atomic E-state index is 14.0. The Morgan fingerprint density at radius 2 is 1.21 bits per heavy atom. The first-order valence-electron chi connectivity index (χ1n) is 18.0. The van der Waals surface area contributed by atoms with Gasteiger partial charge in [0.15, 0.2) is 5.60 Å². The first-order valence-corrected chi connectivity index (χ1v) is 18.0. The Morgan fingerprint density at radius 3 is 1.57 bits per heavy atom. The van der Waals surface area contributed by atoms with Crippen LogP contribution in [0, 0.1) is 16.2 Å². The number of ether oxygens (including phenoxy) is 5. The van der Waals surface area contributed by atoms with Gasteiger partial charge in [0.25, 0.3) is 0 Å². The Balaban J connectivity index is 0.000000403. The number of cyclic esters (lactones) is 1. The number of hydrogen-bond acceptors (Lipinski definition) is 11. The van der Waals surface area contributed by atoms with Crippen LogP contribution in [0.3, 0.4) is 0 Å². The van der Waals surface area contributed by atoms with Crippen LogP contribution < -0.4 is 0 Å². The maximum Gasteiger partial charge on any atom is 0.449 e. The average molecular weight is 777 g/mol. The fourth-order valence-corrected chi connectivity index (χ4v) is 4.82. The van der Waals surface area contributed by atoms with E-state index in [4.69, 9.17) is 14.2 Å². The Labute approximate surface area is 310 Å². The second kappa shape index (κ2) is 16.6. The van der Waals surface area contributed by atoms with Crippen LogP contribution in [0.15, 0.2) is 0 Å². The fraction of sp³-hybridized carbons (Fsp3) is 0.892. The molecule has 0 aromatic heterocycles. The van der Waals surface area contributed by atoms with Crippen molar-refractivity contribution in [1.82, 2.24) is 0 Å². The van der Waals surface area contributed by atoms with Gasteiger partial charge in [0.2, 0.25) is 5.60 Å². The molecule has 1 aliphatic carbocycles. The van der Waals surface area contributed by atoms with Gasteiger partial charge in [0.05, 0.1) is 34.9 Å². The molecule has 0 radical (unpaired) electrons. The molecule has 310 valence electrons. The summed E-state index contributed by atoms with van der Waals surface area (Å²) in [6, 6.07) is 0.